The standard InChI is InChI=1S/C36H17N5O.CH5P/c37-18-22-12-23(19-38)15-26(14-22)28-8-5-9-29(27-16-24(20-39)13-25(17-27)21-40)35(28)41-32-10-3-1-6-30(32)34-31-7-2-4-11-33(31)42-36(34)41;1-2/h1-17H;2H2,1H3. The molecule has 2 aromatic heterocycles. The van der Waals surface area contributed by atoms with E-state index >= 15 is 0 Å². The maximum Gasteiger partial charge on any atom is 0.213 e. The van der Waals surface area contributed by atoms with E-state index in [9.17, 15) is 21.0 Å². The molecule has 5 aromatic carbocycles. The minimum absolute atomic E-state index is 0.366. The Labute approximate surface area is 256 Å². The van der Waals surface area contributed by atoms with Crippen LogP contribution in [0.2, 0.25) is 0 Å². The highest BCUT2D eigenvalue weighted by Crippen LogP contribution is 2.44. The number of benzene rings is 5. The fourth-order valence-corrected chi connectivity index (χ4v) is 5.74. The number of rotatable bonds is 3. The molecule has 44 heavy (non-hydrogen) atoms. The molecule has 7 heteroatoms. The molecule has 0 N–H and O–H groups in total. The van der Waals surface area contributed by atoms with Crippen molar-refractivity contribution >= 4 is 42.2 Å². The first-order valence-electron chi connectivity index (χ1n) is 13.7. The number of hydrogen-bond donors (Lipinski definition) is 0. The molecule has 0 aliphatic rings. The molecule has 7 aromatic rings. The first kappa shape index (κ1) is 28.0. The largest absolute Gasteiger partial charge is 0.439 e. The highest BCUT2D eigenvalue weighted by atomic mass is 31.0. The summed E-state index contributed by atoms with van der Waals surface area (Å²) >= 11 is 0. The normalized spacial score (nSPS) is 10.4. The lowest BCUT2D eigenvalue weighted by Crippen LogP contribution is -2.01. The van der Waals surface area contributed by atoms with Crippen LogP contribution in [0.15, 0.2) is 108 Å². The first-order valence-corrected chi connectivity index (χ1v) is 14.8. The van der Waals surface area contributed by atoms with E-state index in [1.54, 1.807) is 36.4 Å². The van der Waals surface area contributed by atoms with Crippen LogP contribution in [-0.2, 0) is 0 Å². The molecular weight excluding hydrogens is 561 g/mol. The lowest BCUT2D eigenvalue weighted by atomic mass is 9.92. The molecule has 0 fully saturated rings. The van der Waals surface area contributed by atoms with Crippen molar-refractivity contribution in [1.82, 2.24) is 4.57 Å². The highest BCUT2D eigenvalue weighted by molar-refractivity contribution is 7.15. The van der Waals surface area contributed by atoms with Crippen molar-refractivity contribution in [3.8, 4) is 52.2 Å². The minimum atomic E-state index is 0.366. The molecule has 0 spiro atoms. The van der Waals surface area contributed by atoms with E-state index in [-0.39, 0.29) is 0 Å². The second-order valence-electron chi connectivity index (χ2n) is 9.88. The Morgan fingerprint density at radius 2 is 1.05 bits per heavy atom. The third-order valence-electron chi connectivity index (χ3n) is 7.46. The molecule has 6 nitrogen and oxygen atoms in total. The van der Waals surface area contributed by atoms with Gasteiger partial charge in [-0.25, -0.2) is 0 Å². The molecular formula is C37H22N5OP. The summed E-state index contributed by atoms with van der Waals surface area (Å²) in [5.41, 5.74) is 7.36. The summed E-state index contributed by atoms with van der Waals surface area (Å²) in [6, 6.07) is 40.6. The van der Waals surface area contributed by atoms with Crippen molar-refractivity contribution in [3.05, 3.63) is 125 Å². The van der Waals surface area contributed by atoms with Gasteiger partial charge in [0.25, 0.3) is 0 Å². The molecule has 206 valence electrons. The zero-order valence-corrected chi connectivity index (χ0v) is 24.7. The number of para-hydroxylation sites is 3. The maximum atomic E-state index is 9.75. The van der Waals surface area contributed by atoms with Crippen LogP contribution in [0.3, 0.4) is 0 Å². The number of nitrogens with zero attached hydrogens (tertiary/aromatic N) is 5. The van der Waals surface area contributed by atoms with Gasteiger partial charge in [0.05, 0.1) is 63.1 Å². The Bertz CT molecular complexity index is 2260. The van der Waals surface area contributed by atoms with Gasteiger partial charge in [-0.15, -0.1) is 9.24 Å². The van der Waals surface area contributed by atoms with Crippen molar-refractivity contribution in [2.45, 2.75) is 0 Å². The van der Waals surface area contributed by atoms with Gasteiger partial charge >= 0.3 is 0 Å². The Balaban J connectivity index is 0.00000168. The summed E-state index contributed by atoms with van der Waals surface area (Å²) in [5, 5.41) is 42.0. The molecule has 1 unspecified atom stereocenters. The Morgan fingerprint density at radius 1 is 0.568 bits per heavy atom. The van der Waals surface area contributed by atoms with E-state index in [2.05, 4.69) is 44.2 Å². The fourth-order valence-electron chi connectivity index (χ4n) is 5.74. The van der Waals surface area contributed by atoms with Crippen LogP contribution in [0, 0.1) is 45.3 Å². The number of furan rings is 1. The van der Waals surface area contributed by atoms with E-state index in [0.717, 1.165) is 44.1 Å². The monoisotopic (exact) mass is 583 g/mol. The van der Waals surface area contributed by atoms with E-state index in [0.29, 0.717) is 39.1 Å². The number of aromatic nitrogens is 1. The molecule has 0 aliphatic heterocycles. The van der Waals surface area contributed by atoms with Crippen molar-refractivity contribution in [3.63, 3.8) is 0 Å². The van der Waals surface area contributed by atoms with Gasteiger partial charge in [-0.2, -0.15) is 21.0 Å². The van der Waals surface area contributed by atoms with Crippen LogP contribution >= 0.6 is 9.24 Å². The van der Waals surface area contributed by atoms with E-state index < -0.39 is 0 Å². The molecule has 0 radical (unpaired) electrons. The zero-order valence-electron chi connectivity index (χ0n) is 23.5. The van der Waals surface area contributed by atoms with Crippen LogP contribution in [0.25, 0.3) is 60.9 Å². The molecule has 0 aliphatic carbocycles. The van der Waals surface area contributed by atoms with Crippen LogP contribution in [-0.4, -0.2) is 11.2 Å². The third kappa shape index (κ3) is 4.54. The van der Waals surface area contributed by atoms with Crippen molar-refractivity contribution in [2.75, 3.05) is 6.66 Å². The SMILES string of the molecule is CP.N#Cc1cc(C#N)cc(-c2cccc(-c3cc(C#N)cc(C#N)c3)c2-n2c3ccccc3c3c4ccccc4oc32)c1. The summed E-state index contributed by atoms with van der Waals surface area (Å²) in [7, 11) is 2.42. The van der Waals surface area contributed by atoms with Gasteiger partial charge in [0.1, 0.15) is 5.58 Å². The van der Waals surface area contributed by atoms with Gasteiger partial charge in [-0.3, -0.25) is 4.57 Å². The average molecular weight is 584 g/mol. The van der Waals surface area contributed by atoms with Crippen LogP contribution in [0.5, 0.6) is 0 Å². The minimum Gasteiger partial charge on any atom is -0.439 e. The molecule has 0 bridgehead atoms. The number of nitriles is 4. The van der Waals surface area contributed by atoms with E-state index in [1.807, 2.05) is 67.3 Å². The summed E-state index contributed by atoms with van der Waals surface area (Å²) < 4.78 is 8.60. The Hall–Kier alpha value is -6.17. The Kier molecular flexibility index (Phi) is 7.38. The van der Waals surface area contributed by atoms with Crippen molar-refractivity contribution < 1.29 is 4.42 Å². The van der Waals surface area contributed by atoms with Crippen LogP contribution < -0.4 is 0 Å². The maximum absolute atomic E-state index is 9.75. The molecule has 2 heterocycles. The highest BCUT2D eigenvalue weighted by Gasteiger charge is 2.24. The molecule has 7 rings (SSSR count). The Morgan fingerprint density at radius 3 is 1.57 bits per heavy atom. The first-order chi connectivity index (χ1) is 21.6. The average Bonchev–Trinajstić information content (AvgIpc) is 3.62. The third-order valence-corrected chi connectivity index (χ3v) is 7.46. The summed E-state index contributed by atoms with van der Waals surface area (Å²) in [5.74, 6) is 0. The van der Waals surface area contributed by atoms with Gasteiger partial charge < -0.3 is 4.42 Å². The number of hydrogen-bond acceptors (Lipinski definition) is 5. The quantitative estimate of drug-likeness (QED) is 0.193. The van der Waals surface area contributed by atoms with Gasteiger partial charge in [0.15, 0.2) is 0 Å². The zero-order chi connectivity index (χ0) is 30.8. The number of fused-ring (bicyclic) bond motifs is 5. The lowest BCUT2D eigenvalue weighted by molar-refractivity contribution is 0.645. The van der Waals surface area contributed by atoms with Gasteiger partial charge in [-0.1, -0.05) is 61.3 Å². The van der Waals surface area contributed by atoms with Gasteiger partial charge in [-0.05, 0) is 59.7 Å². The lowest BCUT2D eigenvalue weighted by Gasteiger charge is -2.19. The van der Waals surface area contributed by atoms with E-state index in [4.69, 9.17) is 4.42 Å². The van der Waals surface area contributed by atoms with Crippen molar-refractivity contribution in [1.29, 1.82) is 21.0 Å². The predicted molar refractivity (Wildman–Crippen MR) is 176 cm³/mol. The second kappa shape index (κ2) is 11.6. The van der Waals surface area contributed by atoms with Gasteiger partial charge in [0, 0.05) is 21.9 Å². The summed E-state index contributed by atoms with van der Waals surface area (Å²) in [6.45, 7) is 1.92. The van der Waals surface area contributed by atoms with Crippen molar-refractivity contribution in [2.24, 2.45) is 0 Å². The molecule has 0 amide bonds. The second-order valence-corrected chi connectivity index (χ2v) is 9.88. The van der Waals surface area contributed by atoms with E-state index in [1.165, 1.54) is 0 Å². The fraction of sp³-hybridized carbons (Fsp3) is 0.0270. The summed E-state index contributed by atoms with van der Waals surface area (Å²) in [6.07, 6.45) is 0. The summed E-state index contributed by atoms with van der Waals surface area (Å²) in [4.78, 5) is 0. The van der Waals surface area contributed by atoms with Crippen LogP contribution in [0.4, 0.5) is 0 Å². The van der Waals surface area contributed by atoms with Crippen LogP contribution in [0.1, 0.15) is 22.3 Å². The molecule has 0 saturated heterocycles. The smallest absolute Gasteiger partial charge is 0.213 e. The molecule has 1 atom stereocenters. The topological polar surface area (TPSA) is 113 Å². The van der Waals surface area contributed by atoms with Gasteiger partial charge in [0.2, 0.25) is 5.71 Å². The predicted octanol–water partition coefficient (Wildman–Crippen LogP) is 8.84. The molecule has 0 saturated carbocycles.